The molecule has 86 valence electrons. The van der Waals surface area contributed by atoms with Crippen molar-refractivity contribution >= 4 is 11.5 Å². The van der Waals surface area contributed by atoms with E-state index in [4.69, 9.17) is 0 Å². The van der Waals surface area contributed by atoms with Gasteiger partial charge in [-0.3, -0.25) is 14.9 Å². The summed E-state index contributed by atoms with van der Waals surface area (Å²) in [6.07, 6.45) is 0.231. The molecule has 0 aromatic heterocycles. The van der Waals surface area contributed by atoms with Gasteiger partial charge in [-0.25, -0.2) is 4.39 Å². The fourth-order valence-electron chi connectivity index (χ4n) is 1.32. The third-order valence-corrected chi connectivity index (χ3v) is 2.06. The molecule has 0 radical (unpaired) electrons. The minimum Gasteiger partial charge on any atom is -0.294 e. The van der Waals surface area contributed by atoms with Gasteiger partial charge in [0.25, 0.3) is 5.69 Å². The first-order chi connectivity index (χ1) is 7.41. The van der Waals surface area contributed by atoms with Crippen molar-refractivity contribution in [3.05, 3.63) is 39.7 Å². The van der Waals surface area contributed by atoms with Crippen LogP contribution in [0.3, 0.4) is 0 Å². The molecular weight excluding hydrogens is 213 g/mol. The molecule has 16 heavy (non-hydrogen) atoms. The van der Waals surface area contributed by atoms with Gasteiger partial charge in [-0.1, -0.05) is 13.8 Å². The van der Waals surface area contributed by atoms with Crippen LogP contribution in [-0.4, -0.2) is 10.7 Å². The molecular formula is C11H12FNO3. The normalized spacial score (nSPS) is 10.5. The molecule has 0 aliphatic carbocycles. The fraction of sp³-hybridized carbons (Fsp3) is 0.364. The van der Waals surface area contributed by atoms with Gasteiger partial charge < -0.3 is 0 Å². The van der Waals surface area contributed by atoms with Crippen molar-refractivity contribution in [2.75, 3.05) is 0 Å². The molecule has 0 N–H and O–H groups in total. The second kappa shape index (κ2) is 4.83. The highest BCUT2D eigenvalue weighted by Crippen LogP contribution is 2.19. The van der Waals surface area contributed by atoms with Gasteiger partial charge in [0.15, 0.2) is 5.78 Å². The zero-order valence-corrected chi connectivity index (χ0v) is 9.07. The number of hydrogen-bond acceptors (Lipinski definition) is 3. The molecule has 0 amide bonds. The Bertz CT molecular complexity index is 429. The number of benzene rings is 1. The molecule has 0 aliphatic rings. The molecule has 0 bridgehead atoms. The minimum absolute atomic E-state index is 0.0840. The van der Waals surface area contributed by atoms with E-state index in [1.807, 2.05) is 13.8 Å². The Morgan fingerprint density at radius 1 is 1.50 bits per heavy atom. The van der Waals surface area contributed by atoms with Gasteiger partial charge in [0.1, 0.15) is 5.82 Å². The standard InChI is InChI=1S/C11H12FNO3/c1-7(2)5-11(14)9-4-3-8(13(15)16)6-10(9)12/h3-4,6-7H,5H2,1-2H3. The van der Waals surface area contributed by atoms with Crippen LogP contribution in [0.5, 0.6) is 0 Å². The van der Waals surface area contributed by atoms with Crippen LogP contribution in [0.25, 0.3) is 0 Å². The predicted octanol–water partition coefficient (Wildman–Crippen LogP) is 2.96. The number of ketones is 1. The maximum Gasteiger partial charge on any atom is 0.272 e. The lowest BCUT2D eigenvalue weighted by Gasteiger charge is -2.04. The Morgan fingerprint density at radius 2 is 2.12 bits per heavy atom. The Balaban J connectivity index is 2.99. The molecule has 0 fully saturated rings. The van der Waals surface area contributed by atoms with E-state index in [9.17, 15) is 19.3 Å². The number of non-ortho nitro benzene ring substituents is 1. The number of nitro benzene ring substituents is 1. The Morgan fingerprint density at radius 3 is 2.56 bits per heavy atom. The van der Waals surface area contributed by atoms with E-state index in [1.165, 1.54) is 0 Å². The number of rotatable bonds is 4. The zero-order chi connectivity index (χ0) is 12.3. The number of nitrogens with zero attached hydrogens (tertiary/aromatic N) is 1. The summed E-state index contributed by atoms with van der Waals surface area (Å²) in [5.74, 6) is -1.04. The van der Waals surface area contributed by atoms with E-state index in [1.54, 1.807) is 0 Å². The molecule has 1 rings (SSSR count). The number of carbonyl (C=O) groups is 1. The molecule has 1 aromatic carbocycles. The summed E-state index contributed by atoms with van der Waals surface area (Å²) < 4.78 is 13.4. The van der Waals surface area contributed by atoms with Gasteiger partial charge in [-0.2, -0.15) is 0 Å². The maximum atomic E-state index is 13.4. The van der Waals surface area contributed by atoms with Gasteiger partial charge in [-0.05, 0) is 12.0 Å². The van der Waals surface area contributed by atoms with E-state index in [-0.39, 0.29) is 29.4 Å². The highest BCUT2D eigenvalue weighted by atomic mass is 19.1. The van der Waals surface area contributed by atoms with Crippen LogP contribution in [0.15, 0.2) is 18.2 Å². The van der Waals surface area contributed by atoms with E-state index in [0.717, 1.165) is 18.2 Å². The summed E-state index contributed by atoms with van der Waals surface area (Å²) in [4.78, 5) is 21.2. The molecule has 4 nitrogen and oxygen atoms in total. The van der Waals surface area contributed by atoms with Crippen molar-refractivity contribution in [2.24, 2.45) is 5.92 Å². The smallest absolute Gasteiger partial charge is 0.272 e. The fourth-order valence-corrected chi connectivity index (χ4v) is 1.32. The Hall–Kier alpha value is -1.78. The lowest BCUT2D eigenvalue weighted by Crippen LogP contribution is -2.06. The zero-order valence-electron chi connectivity index (χ0n) is 9.07. The van der Waals surface area contributed by atoms with Crippen molar-refractivity contribution < 1.29 is 14.1 Å². The van der Waals surface area contributed by atoms with Crippen LogP contribution < -0.4 is 0 Å². The molecule has 1 aromatic rings. The third-order valence-electron chi connectivity index (χ3n) is 2.06. The summed E-state index contributed by atoms with van der Waals surface area (Å²) in [6.45, 7) is 3.70. The second-order valence-electron chi connectivity index (χ2n) is 3.94. The Kier molecular flexibility index (Phi) is 3.71. The van der Waals surface area contributed by atoms with Crippen LogP contribution in [-0.2, 0) is 0 Å². The quantitative estimate of drug-likeness (QED) is 0.449. The van der Waals surface area contributed by atoms with E-state index >= 15 is 0 Å². The topological polar surface area (TPSA) is 60.2 Å². The maximum absolute atomic E-state index is 13.4. The predicted molar refractivity (Wildman–Crippen MR) is 56.8 cm³/mol. The van der Waals surface area contributed by atoms with Crippen molar-refractivity contribution in [1.82, 2.24) is 0 Å². The molecule has 0 aliphatic heterocycles. The summed E-state index contributed by atoms with van der Waals surface area (Å²) in [6, 6.07) is 3.07. The summed E-state index contributed by atoms with van der Waals surface area (Å²) in [5.41, 5.74) is -0.433. The number of carbonyl (C=O) groups excluding carboxylic acids is 1. The lowest BCUT2D eigenvalue weighted by molar-refractivity contribution is -0.385. The Labute approximate surface area is 92.2 Å². The monoisotopic (exact) mass is 225 g/mol. The van der Waals surface area contributed by atoms with Crippen LogP contribution in [0.4, 0.5) is 10.1 Å². The van der Waals surface area contributed by atoms with Gasteiger partial charge in [0.2, 0.25) is 0 Å². The SMILES string of the molecule is CC(C)CC(=O)c1ccc([N+](=O)[O-])cc1F. The molecule has 0 atom stereocenters. The summed E-state index contributed by atoms with van der Waals surface area (Å²) in [5, 5.41) is 10.4. The van der Waals surface area contributed by atoms with E-state index < -0.39 is 10.7 Å². The number of halogens is 1. The first kappa shape index (κ1) is 12.3. The average molecular weight is 225 g/mol. The summed E-state index contributed by atoms with van der Waals surface area (Å²) in [7, 11) is 0. The largest absolute Gasteiger partial charge is 0.294 e. The molecule has 5 heteroatoms. The van der Waals surface area contributed by atoms with E-state index in [2.05, 4.69) is 0 Å². The van der Waals surface area contributed by atoms with Crippen LogP contribution >= 0.6 is 0 Å². The van der Waals surface area contributed by atoms with Crippen LogP contribution in [0.2, 0.25) is 0 Å². The molecule has 0 saturated heterocycles. The second-order valence-corrected chi connectivity index (χ2v) is 3.94. The first-order valence-corrected chi connectivity index (χ1v) is 4.89. The minimum atomic E-state index is -0.833. The average Bonchev–Trinajstić information content (AvgIpc) is 2.15. The molecule has 0 spiro atoms. The molecule has 0 saturated carbocycles. The highest BCUT2D eigenvalue weighted by molar-refractivity contribution is 5.96. The van der Waals surface area contributed by atoms with Crippen LogP contribution in [0, 0.1) is 21.8 Å². The van der Waals surface area contributed by atoms with Crippen LogP contribution in [0.1, 0.15) is 30.6 Å². The third kappa shape index (κ3) is 2.85. The van der Waals surface area contributed by atoms with Gasteiger partial charge in [0.05, 0.1) is 16.6 Å². The van der Waals surface area contributed by atoms with E-state index in [0.29, 0.717) is 0 Å². The molecule has 0 heterocycles. The van der Waals surface area contributed by atoms with Crippen molar-refractivity contribution in [3.8, 4) is 0 Å². The number of hydrogen-bond donors (Lipinski definition) is 0. The van der Waals surface area contributed by atoms with Gasteiger partial charge in [0, 0.05) is 12.5 Å². The van der Waals surface area contributed by atoms with Crippen molar-refractivity contribution in [2.45, 2.75) is 20.3 Å². The highest BCUT2D eigenvalue weighted by Gasteiger charge is 2.16. The number of nitro groups is 1. The van der Waals surface area contributed by atoms with Crippen molar-refractivity contribution in [3.63, 3.8) is 0 Å². The number of Topliss-reactive ketones (excluding diaryl/α,β-unsaturated/α-hetero) is 1. The van der Waals surface area contributed by atoms with Crippen molar-refractivity contribution in [1.29, 1.82) is 0 Å². The summed E-state index contributed by atoms with van der Waals surface area (Å²) >= 11 is 0. The molecule has 0 unspecified atom stereocenters. The lowest BCUT2D eigenvalue weighted by atomic mass is 10.0. The van der Waals surface area contributed by atoms with Gasteiger partial charge >= 0.3 is 0 Å². The first-order valence-electron chi connectivity index (χ1n) is 4.89. The van der Waals surface area contributed by atoms with Gasteiger partial charge in [-0.15, -0.1) is 0 Å².